The molecule has 154 valence electrons. The van der Waals surface area contributed by atoms with Crippen LogP contribution in [0.5, 0.6) is 0 Å². The van der Waals surface area contributed by atoms with Gasteiger partial charge >= 0.3 is 0 Å². The van der Waals surface area contributed by atoms with Gasteiger partial charge in [0.2, 0.25) is 5.91 Å². The lowest BCUT2D eigenvalue weighted by Gasteiger charge is -2.52. The van der Waals surface area contributed by atoms with Gasteiger partial charge in [0.25, 0.3) is 0 Å². The smallest absolute Gasteiger partial charge is 0.217 e. The Bertz CT molecular complexity index is 449. The van der Waals surface area contributed by atoms with Gasteiger partial charge in [-0.25, -0.2) is 0 Å². The molecule has 5 unspecified atom stereocenters. The molecule has 1 aliphatic heterocycles. The van der Waals surface area contributed by atoms with Crippen LogP contribution in [0, 0.1) is 11.3 Å². The first kappa shape index (κ1) is 23.3. The molecule has 0 radical (unpaired) electrons. The Balaban J connectivity index is 3.20. The predicted octanol–water partition coefficient (Wildman–Crippen LogP) is 2.61. The highest BCUT2D eigenvalue weighted by atomic mass is 16.7. The maximum Gasteiger partial charge on any atom is 0.217 e. The number of amides is 1. The molecule has 0 bridgehead atoms. The number of aliphatic hydroxyl groups is 2. The van der Waals surface area contributed by atoms with E-state index in [-0.39, 0.29) is 23.8 Å². The van der Waals surface area contributed by atoms with E-state index in [0.717, 1.165) is 25.7 Å². The van der Waals surface area contributed by atoms with Crippen molar-refractivity contribution in [2.24, 2.45) is 11.3 Å². The Hall–Kier alpha value is -0.690. The Labute approximate surface area is 158 Å². The molecule has 1 rings (SSSR count). The SMILES string of the molecule is CCCC(C)(C)OC1OC(CO)C(C(C)(CC)CC)C(O)C1NC(C)=O. The molecule has 0 aliphatic carbocycles. The molecule has 1 saturated heterocycles. The molecule has 0 saturated carbocycles. The summed E-state index contributed by atoms with van der Waals surface area (Å²) in [6.45, 7) is 13.5. The van der Waals surface area contributed by atoms with E-state index in [1.807, 2.05) is 13.8 Å². The Kier molecular flexibility index (Phi) is 8.52. The van der Waals surface area contributed by atoms with Gasteiger partial charge in [0.1, 0.15) is 6.04 Å². The topological polar surface area (TPSA) is 88.0 Å². The maximum atomic E-state index is 11.8. The molecule has 0 aromatic heterocycles. The van der Waals surface area contributed by atoms with Gasteiger partial charge in [0.15, 0.2) is 6.29 Å². The zero-order chi connectivity index (χ0) is 20.1. The van der Waals surface area contributed by atoms with Crippen molar-refractivity contribution in [3.05, 3.63) is 0 Å². The van der Waals surface area contributed by atoms with Crippen molar-refractivity contribution in [2.75, 3.05) is 6.61 Å². The van der Waals surface area contributed by atoms with E-state index in [2.05, 4.69) is 33.0 Å². The minimum Gasteiger partial charge on any atom is -0.394 e. The van der Waals surface area contributed by atoms with Gasteiger partial charge < -0.3 is 25.0 Å². The lowest BCUT2D eigenvalue weighted by atomic mass is 9.65. The first-order valence-electron chi connectivity index (χ1n) is 9.94. The zero-order valence-electron chi connectivity index (χ0n) is 17.5. The average molecular weight is 374 g/mol. The summed E-state index contributed by atoms with van der Waals surface area (Å²) < 4.78 is 12.3. The van der Waals surface area contributed by atoms with Gasteiger partial charge in [0.05, 0.1) is 24.4 Å². The van der Waals surface area contributed by atoms with E-state index in [1.165, 1.54) is 6.92 Å². The number of ether oxygens (including phenoxy) is 2. The van der Waals surface area contributed by atoms with Crippen LogP contribution in [0.15, 0.2) is 0 Å². The van der Waals surface area contributed by atoms with Crippen LogP contribution < -0.4 is 5.32 Å². The molecule has 5 atom stereocenters. The van der Waals surface area contributed by atoms with Gasteiger partial charge in [-0.2, -0.15) is 0 Å². The second kappa shape index (κ2) is 9.49. The van der Waals surface area contributed by atoms with Crippen molar-refractivity contribution in [2.45, 2.75) is 104 Å². The third-order valence-corrected chi connectivity index (χ3v) is 6.00. The number of carbonyl (C=O) groups excluding carboxylic acids is 1. The molecular weight excluding hydrogens is 334 g/mol. The number of hydrogen-bond donors (Lipinski definition) is 3. The second-order valence-electron chi connectivity index (χ2n) is 8.46. The van der Waals surface area contributed by atoms with Crippen LogP contribution in [0.25, 0.3) is 0 Å². The van der Waals surface area contributed by atoms with Crippen molar-refractivity contribution in [3.63, 3.8) is 0 Å². The molecule has 6 heteroatoms. The quantitative estimate of drug-likeness (QED) is 0.578. The zero-order valence-corrected chi connectivity index (χ0v) is 17.5. The predicted molar refractivity (Wildman–Crippen MR) is 102 cm³/mol. The molecule has 26 heavy (non-hydrogen) atoms. The molecule has 6 nitrogen and oxygen atoms in total. The fourth-order valence-corrected chi connectivity index (χ4v) is 4.15. The Morgan fingerprint density at radius 1 is 1.19 bits per heavy atom. The Morgan fingerprint density at radius 3 is 2.19 bits per heavy atom. The Morgan fingerprint density at radius 2 is 1.77 bits per heavy atom. The highest BCUT2D eigenvalue weighted by Gasteiger charge is 2.52. The average Bonchev–Trinajstić information content (AvgIpc) is 2.56. The molecule has 3 N–H and O–H groups in total. The summed E-state index contributed by atoms with van der Waals surface area (Å²) in [6, 6.07) is -0.672. The standard InChI is InChI=1S/C20H39NO5/c1-8-11-19(5,6)26-18-16(21-13(4)23)17(24)15(14(12-22)25-18)20(7,9-2)10-3/h14-18,22,24H,8-12H2,1-7H3,(H,21,23). The number of hydrogen-bond acceptors (Lipinski definition) is 5. The lowest BCUT2D eigenvalue weighted by Crippen LogP contribution is -2.66. The molecule has 0 aromatic rings. The van der Waals surface area contributed by atoms with Crippen LogP contribution in [-0.2, 0) is 14.3 Å². The summed E-state index contributed by atoms with van der Waals surface area (Å²) in [6.07, 6.45) is 1.24. The van der Waals surface area contributed by atoms with E-state index >= 15 is 0 Å². The second-order valence-corrected chi connectivity index (χ2v) is 8.46. The summed E-state index contributed by atoms with van der Waals surface area (Å²) in [7, 11) is 0. The highest BCUT2D eigenvalue weighted by Crippen LogP contribution is 2.44. The molecule has 1 amide bonds. The molecule has 1 aliphatic rings. The summed E-state index contributed by atoms with van der Waals surface area (Å²) in [5, 5.41) is 24.0. The van der Waals surface area contributed by atoms with Crippen molar-refractivity contribution >= 4 is 5.91 Å². The lowest BCUT2D eigenvalue weighted by molar-refractivity contribution is -0.298. The van der Waals surface area contributed by atoms with Crippen LogP contribution in [0.1, 0.15) is 74.1 Å². The fraction of sp³-hybridized carbons (Fsp3) is 0.950. The molecule has 1 fully saturated rings. The molecule has 0 aromatic carbocycles. The van der Waals surface area contributed by atoms with Crippen molar-refractivity contribution < 1.29 is 24.5 Å². The van der Waals surface area contributed by atoms with Crippen LogP contribution in [0.3, 0.4) is 0 Å². The van der Waals surface area contributed by atoms with E-state index in [0.29, 0.717) is 0 Å². The number of aliphatic hydroxyl groups excluding tert-OH is 2. The third kappa shape index (κ3) is 5.41. The van der Waals surface area contributed by atoms with Crippen molar-refractivity contribution in [1.29, 1.82) is 0 Å². The van der Waals surface area contributed by atoms with Crippen LogP contribution >= 0.6 is 0 Å². The van der Waals surface area contributed by atoms with Gasteiger partial charge in [-0.1, -0.05) is 47.0 Å². The summed E-state index contributed by atoms with van der Waals surface area (Å²) in [5.41, 5.74) is -0.672. The van der Waals surface area contributed by atoms with Crippen LogP contribution in [0.4, 0.5) is 0 Å². The van der Waals surface area contributed by atoms with Gasteiger partial charge in [0, 0.05) is 12.8 Å². The minimum atomic E-state index is -0.864. The van der Waals surface area contributed by atoms with E-state index in [1.54, 1.807) is 0 Å². The van der Waals surface area contributed by atoms with Gasteiger partial charge in [-0.3, -0.25) is 4.79 Å². The van der Waals surface area contributed by atoms with Crippen molar-refractivity contribution in [1.82, 2.24) is 5.32 Å². The minimum absolute atomic E-state index is 0.196. The van der Waals surface area contributed by atoms with Crippen LogP contribution in [-0.4, -0.2) is 52.9 Å². The fourth-order valence-electron chi connectivity index (χ4n) is 4.15. The van der Waals surface area contributed by atoms with E-state index < -0.39 is 30.1 Å². The number of rotatable bonds is 9. The molecule has 0 spiro atoms. The van der Waals surface area contributed by atoms with Gasteiger partial charge in [-0.05, 0) is 25.7 Å². The van der Waals surface area contributed by atoms with Crippen LogP contribution in [0.2, 0.25) is 0 Å². The summed E-state index contributed by atoms with van der Waals surface area (Å²) in [4.78, 5) is 11.8. The molecule has 1 heterocycles. The van der Waals surface area contributed by atoms with E-state index in [4.69, 9.17) is 9.47 Å². The number of carbonyl (C=O) groups is 1. The first-order chi connectivity index (χ1) is 12.0. The summed E-state index contributed by atoms with van der Waals surface area (Å²) >= 11 is 0. The largest absolute Gasteiger partial charge is 0.394 e. The maximum absolute atomic E-state index is 11.8. The van der Waals surface area contributed by atoms with Gasteiger partial charge in [-0.15, -0.1) is 0 Å². The monoisotopic (exact) mass is 373 g/mol. The first-order valence-corrected chi connectivity index (χ1v) is 9.94. The normalized spacial score (nSPS) is 30.3. The summed E-state index contributed by atoms with van der Waals surface area (Å²) in [5.74, 6) is -0.538. The highest BCUT2D eigenvalue weighted by molar-refractivity contribution is 5.73. The van der Waals surface area contributed by atoms with E-state index in [9.17, 15) is 15.0 Å². The third-order valence-electron chi connectivity index (χ3n) is 6.00. The van der Waals surface area contributed by atoms with Crippen molar-refractivity contribution in [3.8, 4) is 0 Å². The number of nitrogens with one attached hydrogen (secondary N) is 1. The molecular formula is C20H39NO5.